The summed E-state index contributed by atoms with van der Waals surface area (Å²) in [5.74, 6) is 0.589. The van der Waals surface area contributed by atoms with E-state index in [0.717, 1.165) is 18.4 Å². The highest BCUT2D eigenvalue weighted by molar-refractivity contribution is 5.70. The van der Waals surface area contributed by atoms with E-state index in [1.165, 1.54) is 14.0 Å². The van der Waals surface area contributed by atoms with Crippen molar-refractivity contribution >= 4 is 5.97 Å². The van der Waals surface area contributed by atoms with Gasteiger partial charge in [-0.05, 0) is 24.1 Å². The van der Waals surface area contributed by atoms with Gasteiger partial charge in [-0.15, -0.1) is 0 Å². The maximum Gasteiger partial charge on any atom is 0.308 e. The first-order valence-electron chi connectivity index (χ1n) is 5.70. The Morgan fingerprint density at radius 1 is 1.41 bits per heavy atom. The lowest BCUT2D eigenvalue weighted by atomic mass is 10.0. The predicted molar refractivity (Wildman–Crippen MR) is 66.1 cm³/mol. The van der Waals surface area contributed by atoms with Gasteiger partial charge in [0.2, 0.25) is 0 Å². The average molecular weight is 237 g/mol. The third-order valence-electron chi connectivity index (χ3n) is 2.47. The van der Waals surface area contributed by atoms with Crippen LogP contribution < -0.4 is 15.2 Å². The normalized spacial score (nSPS) is 12.0. The molecule has 4 nitrogen and oxygen atoms in total. The lowest BCUT2D eigenvalue weighted by molar-refractivity contribution is -0.132. The Hall–Kier alpha value is -1.55. The fourth-order valence-corrected chi connectivity index (χ4v) is 1.63. The molecule has 4 heteroatoms. The Balaban J connectivity index is 2.95. The molecule has 1 rings (SSSR count). The van der Waals surface area contributed by atoms with E-state index >= 15 is 0 Å². The van der Waals surface area contributed by atoms with Gasteiger partial charge < -0.3 is 15.2 Å². The van der Waals surface area contributed by atoms with Crippen molar-refractivity contribution in [3.63, 3.8) is 0 Å². The molecule has 0 heterocycles. The molecule has 0 spiro atoms. The van der Waals surface area contributed by atoms with E-state index in [1.54, 1.807) is 6.07 Å². The first kappa shape index (κ1) is 13.5. The Bertz CT molecular complexity index is 390. The highest BCUT2D eigenvalue weighted by Gasteiger charge is 2.11. The van der Waals surface area contributed by atoms with Crippen molar-refractivity contribution in [2.75, 3.05) is 7.11 Å². The monoisotopic (exact) mass is 237 g/mol. The van der Waals surface area contributed by atoms with Crippen LogP contribution >= 0.6 is 0 Å². The van der Waals surface area contributed by atoms with Gasteiger partial charge >= 0.3 is 5.97 Å². The van der Waals surface area contributed by atoms with Crippen LogP contribution in [0, 0.1) is 0 Å². The van der Waals surface area contributed by atoms with Crippen LogP contribution in [0.1, 0.15) is 38.3 Å². The highest BCUT2D eigenvalue weighted by atomic mass is 16.6. The summed E-state index contributed by atoms with van der Waals surface area (Å²) in [5.41, 5.74) is 7.00. The summed E-state index contributed by atoms with van der Waals surface area (Å²) >= 11 is 0. The number of carbonyl (C=O) groups excluding carboxylic acids is 1. The fraction of sp³-hybridized carbons (Fsp3) is 0.462. The number of nitrogens with two attached hydrogens (primary N) is 1. The lowest BCUT2D eigenvalue weighted by Crippen LogP contribution is -2.10. The summed E-state index contributed by atoms with van der Waals surface area (Å²) in [4.78, 5) is 10.9. The molecule has 1 atom stereocenters. The number of carbonyl (C=O) groups is 1. The topological polar surface area (TPSA) is 61.5 Å². The number of rotatable bonds is 5. The largest absolute Gasteiger partial charge is 0.493 e. The molecule has 2 N–H and O–H groups in total. The van der Waals surface area contributed by atoms with E-state index in [-0.39, 0.29) is 12.0 Å². The van der Waals surface area contributed by atoms with Gasteiger partial charge in [0.25, 0.3) is 0 Å². The molecular formula is C13H19NO3. The zero-order chi connectivity index (χ0) is 12.8. The maximum absolute atomic E-state index is 10.9. The standard InChI is InChI=1S/C13H19NO3/c1-4-5-11(14)10-6-7-12(17-9(2)15)13(8-10)16-3/h6-8,11H,4-5,14H2,1-3H3/t11-/m0/s1. The molecule has 0 saturated carbocycles. The van der Waals surface area contributed by atoms with Crippen molar-refractivity contribution in [2.24, 2.45) is 5.73 Å². The van der Waals surface area contributed by atoms with Gasteiger partial charge in [0.15, 0.2) is 11.5 Å². The minimum atomic E-state index is -0.367. The van der Waals surface area contributed by atoms with E-state index in [4.69, 9.17) is 15.2 Å². The summed E-state index contributed by atoms with van der Waals surface area (Å²) in [5, 5.41) is 0. The molecule has 0 bridgehead atoms. The van der Waals surface area contributed by atoms with Crippen LogP contribution in [0.2, 0.25) is 0 Å². The Morgan fingerprint density at radius 2 is 2.12 bits per heavy atom. The average Bonchev–Trinajstić information content (AvgIpc) is 2.29. The fourth-order valence-electron chi connectivity index (χ4n) is 1.63. The molecule has 0 aliphatic rings. The van der Waals surface area contributed by atoms with E-state index in [0.29, 0.717) is 11.5 Å². The first-order valence-corrected chi connectivity index (χ1v) is 5.70. The molecule has 0 fully saturated rings. The van der Waals surface area contributed by atoms with Crippen LogP contribution in [-0.4, -0.2) is 13.1 Å². The van der Waals surface area contributed by atoms with Crippen molar-refractivity contribution in [3.8, 4) is 11.5 Å². The Labute approximate surface area is 102 Å². The lowest BCUT2D eigenvalue weighted by Gasteiger charge is -2.14. The van der Waals surface area contributed by atoms with Crippen LogP contribution in [-0.2, 0) is 4.79 Å². The van der Waals surface area contributed by atoms with Gasteiger partial charge in [0.05, 0.1) is 7.11 Å². The summed E-state index contributed by atoms with van der Waals surface area (Å²) < 4.78 is 10.2. The molecule has 0 aliphatic carbocycles. The second-order valence-electron chi connectivity index (χ2n) is 3.90. The van der Waals surface area contributed by atoms with E-state index in [2.05, 4.69) is 6.92 Å². The number of esters is 1. The van der Waals surface area contributed by atoms with Crippen LogP contribution in [0.3, 0.4) is 0 Å². The number of ether oxygens (including phenoxy) is 2. The molecule has 94 valence electrons. The Kier molecular flexibility index (Phi) is 4.97. The van der Waals surface area contributed by atoms with Gasteiger partial charge in [-0.3, -0.25) is 4.79 Å². The summed E-state index contributed by atoms with van der Waals surface area (Å²) in [6, 6.07) is 5.38. The van der Waals surface area contributed by atoms with Gasteiger partial charge in [-0.25, -0.2) is 0 Å². The van der Waals surface area contributed by atoms with Crippen molar-refractivity contribution in [1.29, 1.82) is 0 Å². The smallest absolute Gasteiger partial charge is 0.308 e. The predicted octanol–water partition coefficient (Wildman–Crippen LogP) is 2.42. The maximum atomic E-state index is 10.9. The van der Waals surface area contributed by atoms with Gasteiger partial charge in [-0.1, -0.05) is 19.4 Å². The van der Waals surface area contributed by atoms with Crippen LogP contribution in [0.15, 0.2) is 18.2 Å². The van der Waals surface area contributed by atoms with Crippen LogP contribution in [0.25, 0.3) is 0 Å². The zero-order valence-corrected chi connectivity index (χ0v) is 10.5. The van der Waals surface area contributed by atoms with Crippen molar-refractivity contribution in [3.05, 3.63) is 23.8 Å². The quantitative estimate of drug-likeness (QED) is 0.631. The van der Waals surface area contributed by atoms with Crippen molar-refractivity contribution in [2.45, 2.75) is 32.7 Å². The summed E-state index contributed by atoms with van der Waals surface area (Å²) in [7, 11) is 1.54. The van der Waals surface area contributed by atoms with Crippen LogP contribution in [0.4, 0.5) is 0 Å². The minimum Gasteiger partial charge on any atom is -0.493 e. The second-order valence-corrected chi connectivity index (χ2v) is 3.90. The molecule has 0 amide bonds. The minimum absolute atomic E-state index is 0.0136. The third-order valence-corrected chi connectivity index (χ3v) is 2.47. The molecule has 0 radical (unpaired) electrons. The molecule has 0 aromatic heterocycles. The highest BCUT2D eigenvalue weighted by Crippen LogP contribution is 2.30. The summed E-state index contributed by atoms with van der Waals surface area (Å²) in [6.07, 6.45) is 1.94. The van der Waals surface area contributed by atoms with Gasteiger partial charge in [-0.2, -0.15) is 0 Å². The number of hydrogen-bond acceptors (Lipinski definition) is 4. The van der Waals surface area contributed by atoms with Gasteiger partial charge in [0.1, 0.15) is 0 Å². The van der Waals surface area contributed by atoms with E-state index in [9.17, 15) is 4.79 Å². The third kappa shape index (κ3) is 3.75. The van der Waals surface area contributed by atoms with Crippen LogP contribution in [0.5, 0.6) is 11.5 Å². The van der Waals surface area contributed by atoms with Crippen molar-refractivity contribution < 1.29 is 14.3 Å². The molecule has 1 aromatic rings. The number of methoxy groups -OCH3 is 1. The molecule has 0 unspecified atom stereocenters. The number of hydrogen-bond donors (Lipinski definition) is 1. The van der Waals surface area contributed by atoms with Crippen molar-refractivity contribution in [1.82, 2.24) is 0 Å². The zero-order valence-electron chi connectivity index (χ0n) is 10.5. The second kappa shape index (κ2) is 6.25. The van der Waals surface area contributed by atoms with E-state index < -0.39 is 0 Å². The molecule has 17 heavy (non-hydrogen) atoms. The summed E-state index contributed by atoms with van der Waals surface area (Å²) in [6.45, 7) is 3.44. The Morgan fingerprint density at radius 3 is 2.65 bits per heavy atom. The molecular weight excluding hydrogens is 218 g/mol. The number of benzene rings is 1. The van der Waals surface area contributed by atoms with E-state index in [1.807, 2.05) is 12.1 Å². The van der Waals surface area contributed by atoms with Gasteiger partial charge in [0, 0.05) is 13.0 Å². The molecule has 0 aliphatic heterocycles. The molecule has 0 saturated heterocycles. The first-order chi connectivity index (χ1) is 8.08. The molecule has 1 aromatic carbocycles. The SMILES string of the molecule is CCC[C@H](N)c1ccc(OC(C)=O)c(OC)c1.